The number of ether oxygens (including phenoxy) is 1. The van der Waals surface area contributed by atoms with Gasteiger partial charge in [0, 0.05) is 0 Å². The van der Waals surface area contributed by atoms with Crippen LogP contribution in [0.1, 0.15) is 20.8 Å². The largest absolute Gasteiger partial charge is 0.488 e. The van der Waals surface area contributed by atoms with Crippen LogP contribution in [-0.2, 0) is 9.53 Å². The Kier molecular flexibility index (Phi) is 4.17. The lowest BCUT2D eigenvalue weighted by Crippen LogP contribution is -2.27. The van der Waals surface area contributed by atoms with Crippen molar-refractivity contribution in [2.75, 3.05) is 6.61 Å². The number of carboxylic acids is 1. The van der Waals surface area contributed by atoms with E-state index in [-0.39, 0.29) is 0 Å². The van der Waals surface area contributed by atoms with Crippen LogP contribution >= 0.6 is 11.8 Å². The van der Waals surface area contributed by atoms with Crippen molar-refractivity contribution in [3.8, 4) is 0 Å². The predicted molar refractivity (Wildman–Crippen MR) is 50.1 cm³/mol. The number of hydrogen-bond acceptors (Lipinski definition) is 3. The molecule has 0 amide bonds. The van der Waals surface area contributed by atoms with Gasteiger partial charge in [0.05, 0.1) is 6.61 Å². The quantitative estimate of drug-likeness (QED) is 0.674. The van der Waals surface area contributed by atoms with Crippen molar-refractivity contribution < 1.29 is 14.6 Å². The van der Waals surface area contributed by atoms with Crippen LogP contribution in [0, 0.1) is 0 Å². The van der Waals surface area contributed by atoms with Crippen molar-refractivity contribution in [1.82, 2.24) is 0 Å². The van der Waals surface area contributed by atoms with Crippen molar-refractivity contribution in [2.24, 2.45) is 0 Å². The second-order valence-corrected chi connectivity index (χ2v) is 4.40. The summed E-state index contributed by atoms with van der Waals surface area (Å²) in [4.78, 5) is 10.6. The van der Waals surface area contributed by atoms with Crippen LogP contribution in [0.2, 0.25) is 0 Å². The number of thioether (sulfide) groups is 1. The van der Waals surface area contributed by atoms with Crippen molar-refractivity contribution >= 4 is 17.7 Å². The lowest BCUT2D eigenvalue weighted by atomic mass is 10.2. The van der Waals surface area contributed by atoms with Gasteiger partial charge in [-0.2, -0.15) is 0 Å². The molecule has 0 aromatic carbocycles. The molecule has 0 bridgehead atoms. The monoisotopic (exact) mass is 190 g/mol. The van der Waals surface area contributed by atoms with Gasteiger partial charge in [0.2, 0.25) is 0 Å². The highest BCUT2D eigenvalue weighted by molar-refractivity contribution is 8.04. The maximum absolute atomic E-state index is 10.6. The van der Waals surface area contributed by atoms with Crippen LogP contribution in [0.15, 0.2) is 11.7 Å². The highest BCUT2D eigenvalue weighted by Crippen LogP contribution is 2.31. The van der Waals surface area contributed by atoms with Crippen LogP contribution in [0.3, 0.4) is 0 Å². The van der Waals surface area contributed by atoms with Gasteiger partial charge in [0.1, 0.15) is 9.84 Å². The molecule has 4 heteroatoms. The molecule has 0 aliphatic rings. The van der Waals surface area contributed by atoms with Crippen molar-refractivity contribution in [3.63, 3.8) is 0 Å². The summed E-state index contributed by atoms with van der Waals surface area (Å²) in [5.41, 5.74) is 0. The average Bonchev–Trinajstić information content (AvgIpc) is 1.85. The molecule has 0 fully saturated rings. The Morgan fingerprint density at radius 2 is 2.17 bits per heavy atom. The first-order valence-electron chi connectivity index (χ1n) is 3.64. The van der Waals surface area contributed by atoms with Crippen molar-refractivity contribution in [1.29, 1.82) is 0 Å². The first-order valence-corrected chi connectivity index (χ1v) is 4.46. The molecule has 12 heavy (non-hydrogen) atoms. The summed E-state index contributed by atoms with van der Waals surface area (Å²) in [7, 11) is 0. The van der Waals surface area contributed by atoms with Gasteiger partial charge in [-0.25, -0.2) is 0 Å². The number of hydrogen-bond donors (Lipinski definition) is 1. The minimum absolute atomic E-state index is 0.449. The Morgan fingerprint density at radius 3 is 2.50 bits per heavy atom. The van der Waals surface area contributed by atoms with Crippen LogP contribution in [0.5, 0.6) is 0 Å². The van der Waals surface area contributed by atoms with Gasteiger partial charge in [0.25, 0.3) is 0 Å². The molecule has 0 radical (unpaired) electrons. The van der Waals surface area contributed by atoms with Gasteiger partial charge in [-0.3, -0.25) is 4.79 Å². The molecule has 0 aromatic rings. The van der Waals surface area contributed by atoms with Gasteiger partial charge in [0.15, 0.2) is 0 Å². The molecule has 0 saturated heterocycles. The molecular weight excluding hydrogens is 176 g/mol. The van der Waals surface area contributed by atoms with E-state index in [0.29, 0.717) is 11.7 Å². The van der Waals surface area contributed by atoms with Crippen LogP contribution < -0.4 is 0 Å². The molecular formula is C8H14O3S. The van der Waals surface area contributed by atoms with Gasteiger partial charge < -0.3 is 9.84 Å². The number of carbonyl (C=O) groups is 1. The van der Waals surface area contributed by atoms with Crippen LogP contribution in [0.4, 0.5) is 0 Å². The van der Waals surface area contributed by atoms with E-state index in [0.717, 1.165) is 11.8 Å². The highest BCUT2D eigenvalue weighted by Gasteiger charge is 2.29. The number of aliphatic carboxylic acids is 1. The second-order valence-electron chi connectivity index (χ2n) is 2.72. The van der Waals surface area contributed by atoms with E-state index in [4.69, 9.17) is 9.84 Å². The van der Waals surface area contributed by atoms with E-state index >= 15 is 0 Å². The maximum Gasteiger partial charge on any atom is 0.319 e. The van der Waals surface area contributed by atoms with Gasteiger partial charge >= 0.3 is 5.97 Å². The minimum Gasteiger partial charge on any atom is -0.488 e. The standard InChI is InChI=1S/C8H14O3S/c1-5-11-6(2)12-8(3,4)7(9)10/h2,5H2,1,3-4H3,(H,9,10). The predicted octanol–water partition coefficient (Wildman–Crippen LogP) is 2.09. The molecule has 0 aliphatic carbocycles. The summed E-state index contributed by atoms with van der Waals surface area (Å²) in [6, 6.07) is 0. The van der Waals surface area contributed by atoms with Crippen molar-refractivity contribution in [2.45, 2.75) is 25.5 Å². The highest BCUT2D eigenvalue weighted by atomic mass is 32.2. The van der Waals surface area contributed by atoms with Gasteiger partial charge in [-0.05, 0) is 27.4 Å². The third-order valence-electron chi connectivity index (χ3n) is 1.19. The summed E-state index contributed by atoms with van der Waals surface area (Å²) >= 11 is 1.12. The molecule has 0 atom stereocenters. The molecule has 0 saturated carbocycles. The zero-order chi connectivity index (χ0) is 9.78. The van der Waals surface area contributed by atoms with Crippen molar-refractivity contribution in [3.05, 3.63) is 11.7 Å². The Balaban J connectivity index is 4.06. The fourth-order valence-corrected chi connectivity index (χ4v) is 1.35. The summed E-state index contributed by atoms with van der Waals surface area (Å²) in [6.07, 6.45) is 0. The zero-order valence-electron chi connectivity index (χ0n) is 7.59. The molecule has 70 valence electrons. The molecule has 1 N–H and O–H groups in total. The molecule has 0 unspecified atom stereocenters. The summed E-state index contributed by atoms with van der Waals surface area (Å²) in [5, 5.41) is 9.19. The van der Waals surface area contributed by atoms with E-state index in [1.165, 1.54) is 0 Å². The Bertz CT molecular complexity index is 187. The van der Waals surface area contributed by atoms with E-state index in [1.54, 1.807) is 13.8 Å². The zero-order valence-corrected chi connectivity index (χ0v) is 8.40. The lowest BCUT2D eigenvalue weighted by Gasteiger charge is -2.19. The average molecular weight is 190 g/mol. The normalized spacial score (nSPS) is 10.9. The molecule has 0 spiro atoms. The van der Waals surface area contributed by atoms with Crippen LogP contribution in [-0.4, -0.2) is 22.4 Å². The fraction of sp³-hybridized carbons (Fsp3) is 0.625. The molecule has 0 heterocycles. The topological polar surface area (TPSA) is 46.5 Å². The van der Waals surface area contributed by atoms with Gasteiger partial charge in [-0.15, -0.1) is 0 Å². The van der Waals surface area contributed by atoms with E-state index in [9.17, 15) is 4.79 Å². The lowest BCUT2D eigenvalue weighted by molar-refractivity contribution is -0.138. The molecule has 0 aliphatic heterocycles. The summed E-state index contributed by atoms with van der Waals surface area (Å²) in [6.45, 7) is 9.17. The number of carboxylic acid groups (broad SMARTS) is 1. The Labute approximate surface area is 76.8 Å². The van der Waals surface area contributed by atoms with Gasteiger partial charge in [-0.1, -0.05) is 11.8 Å². The smallest absolute Gasteiger partial charge is 0.319 e. The number of rotatable bonds is 5. The maximum atomic E-state index is 10.6. The third kappa shape index (κ3) is 3.67. The first-order chi connectivity index (χ1) is 5.40. The van der Waals surface area contributed by atoms with E-state index in [2.05, 4.69) is 6.58 Å². The van der Waals surface area contributed by atoms with E-state index in [1.807, 2.05) is 6.92 Å². The van der Waals surface area contributed by atoms with Crippen LogP contribution in [0.25, 0.3) is 0 Å². The van der Waals surface area contributed by atoms with E-state index < -0.39 is 10.7 Å². The molecule has 0 aromatic heterocycles. The Hall–Kier alpha value is -0.640. The third-order valence-corrected chi connectivity index (χ3v) is 2.22. The Morgan fingerprint density at radius 1 is 1.67 bits per heavy atom. The summed E-state index contributed by atoms with van der Waals surface area (Å²) < 4.78 is 4.16. The molecule has 3 nitrogen and oxygen atoms in total. The SMILES string of the molecule is C=C(OCC)SC(C)(C)C(=O)O. The fourth-order valence-electron chi connectivity index (χ4n) is 0.519. The molecule has 0 rings (SSSR count). The summed E-state index contributed by atoms with van der Waals surface area (Å²) in [5.74, 6) is -0.867. The second kappa shape index (κ2) is 4.40. The first kappa shape index (κ1) is 11.4. The minimum atomic E-state index is -0.869.